The van der Waals surface area contributed by atoms with E-state index in [1.807, 2.05) is 17.9 Å². The Kier molecular flexibility index (Phi) is 7.75. The number of pyridine rings is 2. The molecule has 2 aromatic heterocycles. The van der Waals surface area contributed by atoms with Crippen LogP contribution in [0.15, 0.2) is 54.9 Å². The van der Waals surface area contributed by atoms with Gasteiger partial charge in [0.25, 0.3) is 5.91 Å². The lowest BCUT2D eigenvalue weighted by atomic mass is 9.98. The summed E-state index contributed by atoms with van der Waals surface area (Å²) < 4.78 is 39.7. The van der Waals surface area contributed by atoms with Crippen LogP contribution >= 0.6 is 0 Å². The zero-order chi connectivity index (χ0) is 28.4. The molecule has 11 heteroatoms. The van der Waals surface area contributed by atoms with Gasteiger partial charge in [-0.15, -0.1) is 0 Å². The maximum Gasteiger partial charge on any atom is 0.417 e. The molecule has 5 rings (SSSR count). The minimum absolute atomic E-state index is 0.00200. The monoisotopic (exact) mass is 552 g/mol. The van der Waals surface area contributed by atoms with Gasteiger partial charge in [-0.2, -0.15) is 13.2 Å². The van der Waals surface area contributed by atoms with Crippen molar-refractivity contribution in [3.05, 3.63) is 77.4 Å². The lowest BCUT2D eigenvalue weighted by Crippen LogP contribution is -2.49. The van der Waals surface area contributed by atoms with Crippen LogP contribution in [0.1, 0.15) is 53.1 Å². The highest BCUT2D eigenvalue weighted by molar-refractivity contribution is 5.93. The molecule has 0 unspecified atom stereocenters. The largest absolute Gasteiger partial charge is 0.417 e. The highest BCUT2D eigenvalue weighted by atomic mass is 19.4. The molecular formula is C29H31F3N6O2. The molecule has 2 fully saturated rings. The highest BCUT2D eigenvalue weighted by Gasteiger charge is 2.35. The van der Waals surface area contributed by atoms with E-state index in [4.69, 9.17) is 5.73 Å². The normalized spacial score (nSPS) is 16.5. The summed E-state index contributed by atoms with van der Waals surface area (Å²) in [5.74, 6) is 0.123. The van der Waals surface area contributed by atoms with E-state index in [0.29, 0.717) is 43.0 Å². The van der Waals surface area contributed by atoms with Crippen molar-refractivity contribution in [3.8, 4) is 11.1 Å². The first-order valence-corrected chi connectivity index (χ1v) is 13.3. The molecule has 1 atom stereocenters. The number of amides is 2. The van der Waals surface area contributed by atoms with E-state index in [0.717, 1.165) is 36.4 Å². The molecule has 3 aromatic rings. The number of nitrogens with two attached hydrogens (primary N) is 1. The first kappa shape index (κ1) is 27.6. The number of aromatic nitrogens is 2. The standard InChI is InChI=1S/C29H31F3N6O2/c1-18(19-2-4-20(5-3-19)24-14-22(29(30,31)32)17-35-26(24)16-33)36-27(39)25-15-23(8-9-34-25)37-10-12-38(13-11-37)28(40)21-6-7-21/h2-5,8-9,14-15,17-18,21H,6-7,10-13,16,33H2,1H3,(H,36,39)/t18-/m1/s1. The molecule has 210 valence electrons. The molecule has 40 heavy (non-hydrogen) atoms. The number of benzene rings is 1. The lowest BCUT2D eigenvalue weighted by Gasteiger charge is -2.36. The van der Waals surface area contributed by atoms with Crippen LogP contribution in [0, 0.1) is 5.92 Å². The Bertz CT molecular complexity index is 1380. The molecule has 1 aliphatic heterocycles. The third-order valence-electron chi connectivity index (χ3n) is 7.42. The van der Waals surface area contributed by atoms with Crippen molar-refractivity contribution < 1.29 is 22.8 Å². The number of hydrogen-bond acceptors (Lipinski definition) is 6. The first-order chi connectivity index (χ1) is 19.1. The number of piperazine rings is 1. The van der Waals surface area contributed by atoms with Crippen LogP contribution in [0.4, 0.5) is 18.9 Å². The molecule has 3 heterocycles. The number of nitrogens with zero attached hydrogens (tertiary/aromatic N) is 4. The van der Waals surface area contributed by atoms with Crippen LogP contribution in [0.25, 0.3) is 11.1 Å². The van der Waals surface area contributed by atoms with Gasteiger partial charge in [0.15, 0.2) is 0 Å². The number of nitrogens with one attached hydrogen (secondary N) is 1. The Morgan fingerprint density at radius 2 is 1.75 bits per heavy atom. The quantitative estimate of drug-likeness (QED) is 0.456. The molecule has 0 bridgehead atoms. The molecule has 1 saturated carbocycles. The average molecular weight is 553 g/mol. The maximum absolute atomic E-state index is 13.2. The van der Waals surface area contributed by atoms with E-state index >= 15 is 0 Å². The van der Waals surface area contributed by atoms with Crippen molar-refractivity contribution >= 4 is 17.5 Å². The Morgan fingerprint density at radius 3 is 2.38 bits per heavy atom. The van der Waals surface area contributed by atoms with Gasteiger partial charge in [0, 0.05) is 62.3 Å². The van der Waals surface area contributed by atoms with Crippen LogP contribution in [0.3, 0.4) is 0 Å². The maximum atomic E-state index is 13.2. The van der Waals surface area contributed by atoms with Gasteiger partial charge in [0.1, 0.15) is 5.69 Å². The summed E-state index contributed by atoms with van der Waals surface area (Å²) in [6.07, 6.45) is -0.136. The van der Waals surface area contributed by atoms with E-state index in [-0.39, 0.29) is 36.0 Å². The van der Waals surface area contributed by atoms with Crippen molar-refractivity contribution in [3.63, 3.8) is 0 Å². The molecule has 1 aliphatic carbocycles. The van der Waals surface area contributed by atoms with Crippen LogP contribution in [-0.4, -0.2) is 52.9 Å². The van der Waals surface area contributed by atoms with Gasteiger partial charge < -0.3 is 20.9 Å². The van der Waals surface area contributed by atoms with E-state index in [1.165, 1.54) is 0 Å². The molecule has 1 aromatic carbocycles. The van der Waals surface area contributed by atoms with Crippen LogP contribution in [-0.2, 0) is 17.5 Å². The molecule has 2 amide bonds. The lowest BCUT2D eigenvalue weighted by molar-refractivity contribution is -0.137. The Morgan fingerprint density at radius 1 is 1.05 bits per heavy atom. The number of hydrogen-bond donors (Lipinski definition) is 2. The van der Waals surface area contributed by atoms with E-state index in [1.54, 1.807) is 36.5 Å². The zero-order valence-electron chi connectivity index (χ0n) is 22.1. The fourth-order valence-corrected chi connectivity index (χ4v) is 4.88. The molecule has 1 saturated heterocycles. The second kappa shape index (κ2) is 11.2. The molecular weight excluding hydrogens is 521 g/mol. The third kappa shape index (κ3) is 6.09. The molecule has 0 spiro atoms. The smallest absolute Gasteiger partial charge is 0.368 e. The van der Waals surface area contributed by atoms with Gasteiger partial charge in [-0.1, -0.05) is 24.3 Å². The van der Waals surface area contributed by atoms with Gasteiger partial charge in [-0.05, 0) is 49.1 Å². The molecule has 8 nitrogen and oxygen atoms in total. The number of rotatable bonds is 7. The zero-order valence-corrected chi connectivity index (χ0v) is 22.1. The predicted octanol–water partition coefficient (Wildman–Crippen LogP) is 4.17. The molecule has 0 radical (unpaired) electrons. The van der Waals surface area contributed by atoms with Gasteiger partial charge in [-0.3, -0.25) is 19.6 Å². The Hall–Kier alpha value is -3.99. The van der Waals surface area contributed by atoms with E-state index in [9.17, 15) is 22.8 Å². The SMILES string of the molecule is C[C@@H](NC(=O)c1cc(N2CCN(C(=O)C3CC3)CC2)ccn1)c1ccc(-c2cc(C(F)(F)F)cnc2CN)cc1. The van der Waals surface area contributed by atoms with E-state index < -0.39 is 11.7 Å². The van der Waals surface area contributed by atoms with Crippen LogP contribution in [0.2, 0.25) is 0 Å². The summed E-state index contributed by atoms with van der Waals surface area (Å²) in [6, 6.07) is 11.2. The summed E-state index contributed by atoms with van der Waals surface area (Å²) in [6.45, 7) is 4.54. The fourth-order valence-electron chi connectivity index (χ4n) is 4.88. The number of anilines is 1. The predicted molar refractivity (Wildman–Crippen MR) is 144 cm³/mol. The minimum Gasteiger partial charge on any atom is -0.368 e. The van der Waals surface area contributed by atoms with Gasteiger partial charge in [0.2, 0.25) is 5.91 Å². The summed E-state index contributed by atoms with van der Waals surface area (Å²) in [5.41, 5.74) is 8.03. The first-order valence-electron chi connectivity index (χ1n) is 13.3. The van der Waals surface area contributed by atoms with Crippen molar-refractivity contribution in [2.45, 2.75) is 38.5 Å². The summed E-state index contributed by atoms with van der Waals surface area (Å²) >= 11 is 0. The molecule has 2 aliphatic rings. The van der Waals surface area contributed by atoms with E-state index in [2.05, 4.69) is 20.2 Å². The van der Waals surface area contributed by atoms with Gasteiger partial charge in [0.05, 0.1) is 17.3 Å². The molecule has 3 N–H and O–H groups in total. The fraction of sp³-hybridized carbons (Fsp3) is 0.379. The van der Waals surface area contributed by atoms with Gasteiger partial charge in [-0.25, -0.2) is 0 Å². The average Bonchev–Trinajstić information content (AvgIpc) is 3.82. The summed E-state index contributed by atoms with van der Waals surface area (Å²) in [5, 5.41) is 2.94. The number of halogens is 3. The topological polar surface area (TPSA) is 104 Å². The highest BCUT2D eigenvalue weighted by Crippen LogP contribution is 2.34. The summed E-state index contributed by atoms with van der Waals surface area (Å²) in [7, 11) is 0. The number of alkyl halides is 3. The third-order valence-corrected chi connectivity index (χ3v) is 7.42. The Balaban J connectivity index is 1.23. The second-order valence-corrected chi connectivity index (χ2v) is 10.2. The second-order valence-electron chi connectivity index (χ2n) is 10.2. The number of carbonyl (C=O) groups excluding carboxylic acids is 2. The van der Waals surface area contributed by atoms with Crippen molar-refractivity contribution in [1.29, 1.82) is 0 Å². The Labute approximate surface area is 230 Å². The van der Waals surface area contributed by atoms with Crippen molar-refractivity contribution in [1.82, 2.24) is 20.2 Å². The van der Waals surface area contributed by atoms with Gasteiger partial charge >= 0.3 is 6.18 Å². The van der Waals surface area contributed by atoms with Crippen molar-refractivity contribution in [2.24, 2.45) is 11.7 Å². The number of carbonyl (C=O) groups is 2. The summed E-state index contributed by atoms with van der Waals surface area (Å²) in [4.78, 5) is 37.6. The minimum atomic E-state index is -4.51. The van der Waals surface area contributed by atoms with Crippen LogP contribution in [0.5, 0.6) is 0 Å². The van der Waals surface area contributed by atoms with Crippen LogP contribution < -0.4 is 16.0 Å². The van der Waals surface area contributed by atoms with Crippen molar-refractivity contribution in [2.75, 3.05) is 31.1 Å².